The van der Waals surface area contributed by atoms with Gasteiger partial charge >= 0.3 is 5.97 Å². The number of hydrogen-bond acceptors (Lipinski definition) is 9. The standard InChI is InChI=1S/C37H40N6O7/c1-41-20-25(17-30(41)37(48)49-3)24-11-9-23(10-12-24)15-31(45)35-40-33(21-42(35)2)39-34(46)8-6-14-50-32-18-29-28(16-26(32)22-44)36(47)43-13-5-4-7-27(43)19-38-29/h9-12,16-21,27,44H,4-8,13-15,22H2,1-3H3,(H,39,46)/t27-/m0/s1. The number of methoxy groups -OCH3 is 1. The van der Waals surface area contributed by atoms with Crippen molar-refractivity contribution in [3.8, 4) is 16.9 Å². The summed E-state index contributed by atoms with van der Waals surface area (Å²) < 4.78 is 14.0. The lowest BCUT2D eigenvalue weighted by Gasteiger charge is -2.32. The summed E-state index contributed by atoms with van der Waals surface area (Å²) in [6.45, 7) is 0.586. The number of carbonyl (C=O) groups excluding carboxylic acids is 4. The normalized spacial score (nSPS) is 15.2. The summed E-state index contributed by atoms with van der Waals surface area (Å²) in [5.41, 5.74) is 4.43. The van der Waals surface area contributed by atoms with Gasteiger partial charge in [-0.15, -0.1) is 0 Å². The second kappa shape index (κ2) is 14.9. The van der Waals surface area contributed by atoms with Gasteiger partial charge in [0.05, 0.1) is 37.6 Å². The second-order valence-electron chi connectivity index (χ2n) is 12.5. The Morgan fingerprint density at radius 3 is 2.58 bits per heavy atom. The van der Waals surface area contributed by atoms with E-state index in [0.717, 1.165) is 36.0 Å². The Labute approximate surface area is 289 Å². The number of aryl methyl sites for hydroxylation is 2. The van der Waals surface area contributed by atoms with E-state index in [-0.39, 0.29) is 61.3 Å². The molecule has 4 heterocycles. The van der Waals surface area contributed by atoms with Crippen LogP contribution in [0.5, 0.6) is 5.75 Å². The van der Waals surface area contributed by atoms with Gasteiger partial charge in [0.15, 0.2) is 11.6 Å². The van der Waals surface area contributed by atoms with Crippen LogP contribution in [0.25, 0.3) is 11.1 Å². The SMILES string of the molecule is COC(=O)c1cc(-c2ccc(CC(=O)c3nc(NC(=O)CCCOc4cc5c(cc4CO)C(=O)N4CCCC[C@H]4C=N5)cn3C)cc2)cn1C. The number of piperidine rings is 1. The molecule has 2 aromatic heterocycles. The molecule has 13 nitrogen and oxygen atoms in total. The maximum Gasteiger partial charge on any atom is 0.354 e. The van der Waals surface area contributed by atoms with Gasteiger partial charge in [0, 0.05) is 69.3 Å². The molecule has 0 bridgehead atoms. The van der Waals surface area contributed by atoms with Gasteiger partial charge in [-0.3, -0.25) is 19.4 Å². The topological polar surface area (TPSA) is 157 Å². The summed E-state index contributed by atoms with van der Waals surface area (Å²) in [5.74, 6) is -0.0782. The van der Waals surface area contributed by atoms with Gasteiger partial charge < -0.3 is 33.9 Å². The third-order valence-electron chi connectivity index (χ3n) is 9.03. The Kier molecular flexibility index (Phi) is 10.2. The number of aromatic nitrogens is 3. The highest BCUT2D eigenvalue weighted by Gasteiger charge is 2.31. The Morgan fingerprint density at radius 1 is 1.02 bits per heavy atom. The minimum Gasteiger partial charge on any atom is -0.493 e. The average Bonchev–Trinajstić information content (AvgIpc) is 3.66. The first-order chi connectivity index (χ1) is 24.1. The number of benzene rings is 2. The van der Waals surface area contributed by atoms with Crippen molar-refractivity contribution in [3.63, 3.8) is 0 Å². The Hall–Kier alpha value is -5.56. The summed E-state index contributed by atoms with van der Waals surface area (Å²) in [7, 11) is 4.81. The Balaban J connectivity index is 1.00. The van der Waals surface area contributed by atoms with Gasteiger partial charge in [0.25, 0.3) is 5.91 Å². The van der Waals surface area contributed by atoms with Crippen LogP contribution >= 0.6 is 0 Å². The molecule has 0 radical (unpaired) electrons. The molecular weight excluding hydrogens is 640 g/mol. The van der Waals surface area contributed by atoms with Gasteiger partial charge in [-0.25, -0.2) is 9.78 Å². The molecule has 0 aliphatic carbocycles. The van der Waals surface area contributed by atoms with Gasteiger partial charge in [-0.2, -0.15) is 0 Å². The molecule has 2 N–H and O–H groups in total. The van der Waals surface area contributed by atoms with Gasteiger partial charge in [0.2, 0.25) is 11.7 Å². The maximum atomic E-state index is 13.2. The van der Waals surface area contributed by atoms with E-state index < -0.39 is 5.97 Å². The summed E-state index contributed by atoms with van der Waals surface area (Å²) in [6, 6.07) is 12.6. The molecule has 50 heavy (non-hydrogen) atoms. The van der Waals surface area contributed by atoms with Crippen molar-refractivity contribution in [2.45, 2.75) is 51.2 Å². The van der Waals surface area contributed by atoms with E-state index in [4.69, 9.17) is 9.47 Å². The number of carbonyl (C=O) groups is 4. The predicted molar refractivity (Wildman–Crippen MR) is 186 cm³/mol. The maximum absolute atomic E-state index is 13.2. The molecule has 13 heteroatoms. The third-order valence-corrected chi connectivity index (χ3v) is 9.03. The van der Waals surface area contributed by atoms with E-state index >= 15 is 0 Å². The Morgan fingerprint density at radius 2 is 1.82 bits per heavy atom. The Bertz CT molecular complexity index is 1960. The van der Waals surface area contributed by atoms with Crippen molar-refractivity contribution in [1.29, 1.82) is 0 Å². The minimum atomic E-state index is -0.416. The molecular formula is C37H40N6O7. The van der Waals surface area contributed by atoms with Crippen LogP contribution < -0.4 is 10.1 Å². The van der Waals surface area contributed by atoms with Gasteiger partial charge in [0.1, 0.15) is 11.4 Å². The van der Waals surface area contributed by atoms with E-state index in [1.807, 2.05) is 41.6 Å². The third kappa shape index (κ3) is 7.37. The number of anilines is 1. The largest absolute Gasteiger partial charge is 0.493 e. The number of imidazole rings is 1. The number of esters is 1. The number of Topliss-reactive ketones (excluding diaryl/α,β-unsaturated/α-hetero) is 1. The smallest absolute Gasteiger partial charge is 0.354 e. The molecule has 260 valence electrons. The van der Waals surface area contributed by atoms with Crippen molar-refractivity contribution in [2.24, 2.45) is 19.1 Å². The lowest BCUT2D eigenvalue weighted by atomic mass is 10.0. The molecule has 0 unspecified atom stereocenters. The molecule has 0 spiro atoms. The summed E-state index contributed by atoms with van der Waals surface area (Å²) >= 11 is 0. The number of amides is 2. The zero-order valence-electron chi connectivity index (χ0n) is 28.3. The number of aliphatic hydroxyl groups is 1. The van der Waals surface area contributed by atoms with E-state index in [2.05, 4.69) is 15.3 Å². The van der Waals surface area contributed by atoms with Crippen LogP contribution in [-0.2, 0) is 36.7 Å². The van der Waals surface area contributed by atoms with Crippen molar-refractivity contribution in [1.82, 2.24) is 19.0 Å². The first-order valence-electron chi connectivity index (χ1n) is 16.6. The molecule has 1 saturated heterocycles. The highest BCUT2D eigenvalue weighted by Crippen LogP contribution is 2.34. The lowest BCUT2D eigenvalue weighted by molar-refractivity contribution is -0.116. The summed E-state index contributed by atoms with van der Waals surface area (Å²) in [4.78, 5) is 61.8. The highest BCUT2D eigenvalue weighted by atomic mass is 16.5. The van der Waals surface area contributed by atoms with E-state index in [1.165, 1.54) is 7.11 Å². The van der Waals surface area contributed by atoms with Gasteiger partial charge in [-0.05, 0) is 48.9 Å². The first-order valence-corrected chi connectivity index (χ1v) is 16.6. The van der Waals surface area contributed by atoms with Crippen LogP contribution in [-0.4, -0.2) is 80.2 Å². The second-order valence-corrected chi connectivity index (χ2v) is 12.5. The number of hydrogen-bond donors (Lipinski definition) is 2. The van der Waals surface area contributed by atoms with Crippen LogP contribution in [0.4, 0.5) is 11.5 Å². The molecule has 1 atom stereocenters. The molecule has 2 aliphatic rings. The number of aliphatic hydroxyl groups excluding tert-OH is 1. The molecule has 6 rings (SSSR count). The number of ether oxygens (including phenoxy) is 2. The van der Waals surface area contributed by atoms with Crippen molar-refractivity contribution in [3.05, 3.63) is 83.1 Å². The molecule has 2 amide bonds. The van der Waals surface area contributed by atoms with Crippen molar-refractivity contribution >= 4 is 41.3 Å². The van der Waals surface area contributed by atoms with Crippen LogP contribution in [0.2, 0.25) is 0 Å². The first kappa shape index (κ1) is 34.3. The van der Waals surface area contributed by atoms with Crippen molar-refractivity contribution in [2.75, 3.05) is 25.6 Å². The number of nitrogens with zero attached hydrogens (tertiary/aromatic N) is 5. The predicted octanol–water partition coefficient (Wildman–Crippen LogP) is 4.64. The quantitative estimate of drug-likeness (QED) is 0.125. The van der Waals surface area contributed by atoms with E-state index in [1.54, 1.807) is 47.6 Å². The summed E-state index contributed by atoms with van der Waals surface area (Å²) in [5, 5.41) is 12.7. The number of nitrogens with one attached hydrogen (secondary N) is 1. The van der Waals surface area contributed by atoms with Crippen LogP contribution in [0.1, 0.15) is 74.7 Å². The number of ketones is 1. The van der Waals surface area contributed by atoms with Gasteiger partial charge in [-0.1, -0.05) is 24.3 Å². The van der Waals surface area contributed by atoms with Crippen molar-refractivity contribution < 1.29 is 33.8 Å². The molecule has 2 aromatic carbocycles. The average molecular weight is 681 g/mol. The molecule has 1 fully saturated rings. The van der Waals surface area contributed by atoms with Crippen LogP contribution in [0.15, 0.2) is 59.9 Å². The molecule has 0 saturated carbocycles. The minimum absolute atomic E-state index is 0.0264. The molecule has 2 aliphatic heterocycles. The molecule has 4 aromatic rings. The zero-order chi connectivity index (χ0) is 35.4. The number of rotatable bonds is 12. The number of fused-ring (bicyclic) bond motifs is 2. The van der Waals surface area contributed by atoms with Crippen LogP contribution in [0, 0.1) is 0 Å². The zero-order valence-corrected chi connectivity index (χ0v) is 28.3. The number of aliphatic imine (C=N–C) groups is 1. The fourth-order valence-electron chi connectivity index (χ4n) is 6.35. The fourth-order valence-corrected chi connectivity index (χ4v) is 6.35. The van der Waals surface area contributed by atoms with E-state index in [9.17, 15) is 24.3 Å². The van der Waals surface area contributed by atoms with E-state index in [0.29, 0.717) is 41.2 Å². The van der Waals surface area contributed by atoms with Crippen LogP contribution in [0.3, 0.4) is 0 Å². The summed E-state index contributed by atoms with van der Waals surface area (Å²) in [6.07, 6.45) is 8.79. The monoisotopic (exact) mass is 680 g/mol. The fraction of sp³-hybridized carbons (Fsp3) is 0.351. The highest BCUT2D eigenvalue weighted by molar-refractivity contribution is 6.03. The lowest BCUT2D eigenvalue weighted by Crippen LogP contribution is -2.43.